The molecule has 1 aliphatic rings. The Morgan fingerprint density at radius 1 is 1.26 bits per heavy atom. The highest BCUT2D eigenvalue weighted by Crippen LogP contribution is 2.32. The van der Waals surface area contributed by atoms with Crippen molar-refractivity contribution in [2.45, 2.75) is 32.4 Å². The third kappa shape index (κ3) is 2.80. The molecule has 1 aliphatic heterocycles. The van der Waals surface area contributed by atoms with Crippen LogP contribution in [0.3, 0.4) is 0 Å². The Bertz CT molecular complexity index is 1210. The van der Waals surface area contributed by atoms with E-state index in [1.54, 1.807) is 13.0 Å². The van der Waals surface area contributed by atoms with Crippen LogP contribution in [0.25, 0.3) is 16.8 Å². The van der Waals surface area contributed by atoms with Crippen LogP contribution < -0.4 is 5.56 Å². The summed E-state index contributed by atoms with van der Waals surface area (Å²) in [5.74, 6) is 1.56. The largest absolute Gasteiger partial charge is 0.341 e. The lowest BCUT2D eigenvalue weighted by Crippen LogP contribution is -2.26. The third-order valence-electron chi connectivity index (χ3n) is 5.00. The lowest BCUT2D eigenvalue weighted by molar-refractivity contribution is 0.238. The van der Waals surface area contributed by atoms with E-state index < -0.39 is 0 Å². The summed E-state index contributed by atoms with van der Waals surface area (Å²) >= 11 is 0. The van der Waals surface area contributed by atoms with Gasteiger partial charge in [0, 0.05) is 12.6 Å². The lowest BCUT2D eigenvalue weighted by Gasteiger charge is -2.22. The molecule has 9 heteroatoms. The van der Waals surface area contributed by atoms with Gasteiger partial charge in [-0.05, 0) is 44.5 Å². The predicted octanol–water partition coefficient (Wildman–Crippen LogP) is 2.08. The first-order chi connectivity index (χ1) is 13.1. The van der Waals surface area contributed by atoms with E-state index in [0.29, 0.717) is 29.4 Å². The maximum Gasteiger partial charge on any atom is 0.274 e. The zero-order valence-electron chi connectivity index (χ0n) is 14.7. The first-order valence-corrected chi connectivity index (χ1v) is 8.91. The maximum atomic E-state index is 13.4. The number of aryl methyl sites for hydroxylation is 1. The highest BCUT2D eigenvalue weighted by atomic mass is 19.1. The number of imidazole rings is 1. The molecule has 27 heavy (non-hydrogen) atoms. The van der Waals surface area contributed by atoms with E-state index >= 15 is 0 Å². The molecular weight excluding hydrogens is 349 g/mol. The van der Waals surface area contributed by atoms with Crippen molar-refractivity contribution in [2.24, 2.45) is 0 Å². The summed E-state index contributed by atoms with van der Waals surface area (Å²) in [6.45, 7) is 3.21. The monoisotopic (exact) mass is 367 g/mol. The molecule has 8 nitrogen and oxygen atoms in total. The fourth-order valence-electron chi connectivity index (χ4n) is 3.81. The van der Waals surface area contributed by atoms with Crippen LogP contribution in [0.4, 0.5) is 4.39 Å². The summed E-state index contributed by atoms with van der Waals surface area (Å²) in [5.41, 5.74) is 1.95. The van der Waals surface area contributed by atoms with Gasteiger partial charge in [0.15, 0.2) is 0 Å². The van der Waals surface area contributed by atoms with E-state index in [0.717, 1.165) is 30.7 Å². The van der Waals surface area contributed by atoms with Gasteiger partial charge < -0.3 is 4.98 Å². The molecule has 3 aromatic heterocycles. The quantitative estimate of drug-likeness (QED) is 0.578. The molecule has 4 heterocycles. The topological polar surface area (TPSA) is 95.0 Å². The Morgan fingerprint density at radius 2 is 2.15 bits per heavy atom. The zero-order valence-corrected chi connectivity index (χ0v) is 14.7. The Labute approximate surface area is 153 Å². The second-order valence-corrected chi connectivity index (χ2v) is 6.94. The first kappa shape index (κ1) is 16.1. The van der Waals surface area contributed by atoms with E-state index in [4.69, 9.17) is 0 Å². The van der Waals surface area contributed by atoms with Crippen LogP contribution >= 0.6 is 0 Å². The maximum absolute atomic E-state index is 13.4. The van der Waals surface area contributed by atoms with Gasteiger partial charge in [-0.15, -0.1) is 0 Å². The summed E-state index contributed by atoms with van der Waals surface area (Å²) in [7, 11) is 0. The molecular formula is C18H18FN7O. The lowest BCUT2D eigenvalue weighted by atomic mass is 10.2. The minimum absolute atomic E-state index is 0.0848. The standard InChI is InChI=1S/C18H18FN7O/c1-10-20-18-21-12(8-16(27)26(18)24-10)9-25-6-2-3-15(25)17-22-13-5-4-11(19)7-14(13)23-17/h4-5,7-8,15H,2-3,6,9H2,1H3,(H,22,23)(H,20,21,24). The number of H-pyrrole nitrogens is 2. The molecule has 0 bridgehead atoms. The van der Waals surface area contributed by atoms with Gasteiger partial charge in [-0.3, -0.25) is 14.8 Å². The number of aromatic nitrogens is 6. The number of halogens is 1. The molecule has 0 spiro atoms. The van der Waals surface area contributed by atoms with E-state index in [9.17, 15) is 9.18 Å². The highest BCUT2D eigenvalue weighted by molar-refractivity contribution is 5.75. The molecule has 1 saturated heterocycles. The average Bonchev–Trinajstić information content (AvgIpc) is 3.32. The molecule has 0 amide bonds. The number of hydrogen-bond donors (Lipinski definition) is 2. The molecule has 0 radical (unpaired) electrons. The summed E-state index contributed by atoms with van der Waals surface area (Å²) in [6.07, 6.45) is 1.98. The Morgan fingerprint density at radius 3 is 3.04 bits per heavy atom. The van der Waals surface area contributed by atoms with Crippen molar-refractivity contribution in [3.63, 3.8) is 0 Å². The van der Waals surface area contributed by atoms with Gasteiger partial charge in [0.1, 0.15) is 17.5 Å². The number of fused-ring (bicyclic) bond motifs is 2. The van der Waals surface area contributed by atoms with Crippen LogP contribution in [-0.2, 0) is 6.54 Å². The number of nitrogens with one attached hydrogen (secondary N) is 2. The Kier molecular flexibility index (Phi) is 3.57. The second kappa shape index (κ2) is 5.98. The number of likely N-dealkylation sites (tertiary alicyclic amines) is 1. The predicted molar refractivity (Wildman–Crippen MR) is 96.8 cm³/mol. The molecule has 2 N–H and O–H groups in total. The summed E-state index contributed by atoms with van der Waals surface area (Å²) < 4.78 is 14.8. The minimum atomic E-state index is -0.284. The number of benzene rings is 1. The summed E-state index contributed by atoms with van der Waals surface area (Å²) in [6, 6.07) is 6.18. The number of nitrogens with zero attached hydrogens (tertiary/aromatic N) is 5. The number of hydrogen-bond acceptors (Lipinski definition) is 5. The van der Waals surface area contributed by atoms with Gasteiger partial charge in [0.05, 0.1) is 22.8 Å². The van der Waals surface area contributed by atoms with Crippen LogP contribution in [0.2, 0.25) is 0 Å². The van der Waals surface area contributed by atoms with Crippen molar-refractivity contribution in [3.8, 4) is 0 Å². The smallest absolute Gasteiger partial charge is 0.274 e. The highest BCUT2D eigenvalue weighted by Gasteiger charge is 2.29. The molecule has 0 aliphatic carbocycles. The summed E-state index contributed by atoms with van der Waals surface area (Å²) in [4.78, 5) is 31.1. The van der Waals surface area contributed by atoms with Crippen LogP contribution in [-0.4, -0.2) is 41.0 Å². The number of rotatable bonds is 3. The molecule has 1 unspecified atom stereocenters. The van der Waals surface area contributed by atoms with Crippen molar-refractivity contribution < 1.29 is 4.39 Å². The number of aromatic amines is 2. The fourth-order valence-corrected chi connectivity index (χ4v) is 3.81. The third-order valence-corrected chi connectivity index (χ3v) is 5.00. The molecule has 1 aromatic carbocycles. The van der Waals surface area contributed by atoms with E-state index in [2.05, 4.69) is 29.9 Å². The normalized spacial score (nSPS) is 18.1. The van der Waals surface area contributed by atoms with Crippen LogP contribution in [0, 0.1) is 12.7 Å². The molecule has 1 fully saturated rings. The Balaban J connectivity index is 1.46. The van der Waals surface area contributed by atoms with E-state index in [1.165, 1.54) is 22.7 Å². The molecule has 138 valence electrons. The van der Waals surface area contributed by atoms with Crippen molar-refractivity contribution in [1.82, 2.24) is 34.4 Å². The Hall–Kier alpha value is -3.07. The van der Waals surface area contributed by atoms with E-state index in [-0.39, 0.29) is 17.4 Å². The van der Waals surface area contributed by atoms with Crippen LogP contribution in [0.1, 0.15) is 36.2 Å². The van der Waals surface area contributed by atoms with Gasteiger partial charge >= 0.3 is 0 Å². The second-order valence-electron chi connectivity index (χ2n) is 6.94. The first-order valence-electron chi connectivity index (χ1n) is 8.91. The van der Waals surface area contributed by atoms with Gasteiger partial charge in [0.25, 0.3) is 11.3 Å². The molecule has 0 saturated carbocycles. The average molecular weight is 367 g/mol. The van der Waals surface area contributed by atoms with Gasteiger partial charge in [-0.1, -0.05) is 0 Å². The van der Waals surface area contributed by atoms with Crippen molar-refractivity contribution in [2.75, 3.05) is 6.54 Å². The molecule has 4 aromatic rings. The summed E-state index contributed by atoms with van der Waals surface area (Å²) in [5, 5.41) is 2.87. The van der Waals surface area contributed by atoms with Gasteiger partial charge in [0.2, 0.25) is 0 Å². The van der Waals surface area contributed by atoms with E-state index in [1.807, 2.05) is 0 Å². The van der Waals surface area contributed by atoms with Crippen molar-refractivity contribution in [3.05, 3.63) is 57.8 Å². The van der Waals surface area contributed by atoms with Gasteiger partial charge in [-0.2, -0.15) is 9.50 Å². The van der Waals surface area contributed by atoms with Crippen molar-refractivity contribution in [1.29, 1.82) is 0 Å². The molecule has 5 rings (SSSR count). The van der Waals surface area contributed by atoms with Crippen LogP contribution in [0.5, 0.6) is 0 Å². The van der Waals surface area contributed by atoms with Crippen LogP contribution in [0.15, 0.2) is 29.1 Å². The zero-order chi connectivity index (χ0) is 18.5. The fraction of sp³-hybridized carbons (Fsp3) is 0.333. The molecule has 1 atom stereocenters. The SMILES string of the molecule is Cc1nc2nc(CN3CCCC3c3nc4ccc(F)cc4[nH]3)cc(=O)n2[nH]1. The van der Waals surface area contributed by atoms with Crippen molar-refractivity contribution >= 4 is 16.8 Å². The van der Waals surface area contributed by atoms with Gasteiger partial charge in [-0.25, -0.2) is 14.4 Å². The minimum Gasteiger partial charge on any atom is -0.341 e.